The number of carbonyl (C=O) groups is 1. The zero-order chi connectivity index (χ0) is 14.9. The molecule has 0 radical (unpaired) electrons. The maximum atomic E-state index is 12.6. The number of benzene rings is 1. The highest BCUT2D eigenvalue weighted by atomic mass is 32.2. The molecule has 5 nitrogen and oxygen atoms in total. The van der Waals surface area contributed by atoms with Crippen LogP contribution in [-0.4, -0.2) is 31.7 Å². The molecule has 0 unspecified atom stereocenters. The molecule has 1 amide bonds. The fraction of sp³-hybridized carbons (Fsp3) is 0.500. The van der Waals surface area contributed by atoms with E-state index in [0.717, 1.165) is 11.1 Å². The molecule has 1 heterocycles. The van der Waals surface area contributed by atoms with Crippen LogP contribution in [0, 0.1) is 19.8 Å². The molecule has 1 saturated heterocycles. The molecule has 0 aliphatic carbocycles. The summed E-state index contributed by atoms with van der Waals surface area (Å²) in [4.78, 5) is 11.5. The Kier molecular flexibility index (Phi) is 4.15. The zero-order valence-electron chi connectivity index (χ0n) is 11.8. The number of nitrogens with two attached hydrogens (primary N) is 1. The Labute approximate surface area is 119 Å². The third-order valence-corrected chi connectivity index (χ3v) is 5.86. The van der Waals surface area contributed by atoms with Crippen LogP contribution in [0.15, 0.2) is 23.1 Å². The Morgan fingerprint density at radius 2 is 1.85 bits per heavy atom. The summed E-state index contributed by atoms with van der Waals surface area (Å²) >= 11 is 0. The topological polar surface area (TPSA) is 80.5 Å². The van der Waals surface area contributed by atoms with E-state index in [1.165, 1.54) is 4.31 Å². The molecule has 6 heteroatoms. The van der Waals surface area contributed by atoms with Crippen LogP contribution in [0.25, 0.3) is 0 Å². The van der Waals surface area contributed by atoms with E-state index >= 15 is 0 Å². The van der Waals surface area contributed by atoms with Gasteiger partial charge >= 0.3 is 0 Å². The van der Waals surface area contributed by atoms with Crippen LogP contribution in [-0.2, 0) is 14.8 Å². The van der Waals surface area contributed by atoms with Crippen LogP contribution < -0.4 is 5.73 Å². The van der Waals surface area contributed by atoms with E-state index in [1.54, 1.807) is 19.1 Å². The largest absolute Gasteiger partial charge is 0.369 e. The van der Waals surface area contributed by atoms with Crippen molar-refractivity contribution in [3.05, 3.63) is 29.3 Å². The number of sulfonamides is 1. The van der Waals surface area contributed by atoms with Crippen LogP contribution in [0.4, 0.5) is 0 Å². The Bertz CT molecular complexity index is 617. The van der Waals surface area contributed by atoms with Crippen LogP contribution in [0.2, 0.25) is 0 Å². The number of amides is 1. The Morgan fingerprint density at radius 3 is 2.35 bits per heavy atom. The number of hydrogen-bond donors (Lipinski definition) is 1. The van der Waals surface area contributed by atoms with Gasteiger partial charge in [0.15, 0.2) is 0 Å². The van der Waals surface area contributed by atoms with Gasteiger partial charge in [0.25, 0.3) is 0 Å². The van der Waals surface area contributed by atoms with Gasteiger partial charge in [0.2, 0.25) is 15.9 Å². The number of rotatable bonds is 3. The molecule has 0 atom stereocenters. The van der Waals surface area contributed by atoms with E-state index in [9.17, 15) is 13.2 Å². The standard InChI is InChI=1S/C14H20N2O3S/c1-10-3-4-13(11(2)9-10)20(18,19)16-7-5-12(6-8-16)14(15)17/h3-4,9,12H,5-8H2,1-2H3,(H2,15,17). The van der Waals surface area contributed by atoms with Crippen molar-refractivity contribution in [2.24, 2.45) is 11.7 Å². The maximum absolute atomic E-state index is 12.6. The van der Waals surface area contributed by atoms with Gasteiger partial charge in [-0.15, -0.1) is 0 Å². The predicted octanol–water partition coefficient (Wildman–Crippen LogP) is 1.19. The van der Waals surface area contributed by atoms with Crippen LogP contribution in [0.1, 0.15) is 24.0 Å². The molecule has 20 heavy (non-hydrogen) atoms. The highest BCUT2D eigenvalue weighted by Gasteiger charge is 2.31. The van der Waals surface area contributed by atoms with Crippen LogP contribution >= 0.6 is 0 Å². The molecule has 110 valence electrons. The molecule has 2 N–H and O–H groups in total. The molecule has 0 aromatic heterocycles. The first-order valence-electron chi connectivity index (χ1n) is 6.69. The van der Waals surface area contributed by atoms with Crippen molar-refractivity contribution in [1.82, 2.24) is 4.31 Å². The quantitative estimate of drug-likeness (QED) is 0.909. The number of piperidine rings is 1. The van der Waals surface area contributed by atoms with Gasteiger partial charge in [-0.2, -0.15) is 4.31 Å². The molecule has 1 aromatic rings. The van der Waals surface area contributed by atoms with Gasteiger partial charge in [0, 0.05) is 19.0 Å². The number of hydrogen-bond acceptors (Lipinski definition) is 3. The van der Waals surface area contributed by atoms with Crippen LogP contribution in [0.5, 0.6) is 0 Å². The molecule has 1 aromatic carbocycles. The minimum Gasteiger partial charge on any atom is -0.369 e. The monoisotopic (exact) mass is 296 g/mol. The van der Waals surface area contributed by atoms with Gasteiger partial charge in [-0.05, 0) is 38.3 Å². The van der Waals surface area contributed by atoms with Crippen molar-refractivity contribution in [3.63, 3.8) is 0 Å². The van der Waals surface area contributed by atoms with E-state index in [-0.39, 0.29) is 11.8 Å². The predicted molar refractivity (Wildman–Crippen MR) is 76.6 cm³/mol. The lowest BCUT2D eigenvalue weighted by molar-refractivity contribution is -0.122. The van der Waals surface area contributed by atoms with Gasteiger partial charge in [0.05, 0.1) is 4.90 Å². The Hall–Kier alpha value is -1.40. The lowest BCUT2D eigenvalue weighted by atomic mass is 9.98. The first-order valence-corrected chi connectivity index (χ1v) is 8.13. The fourth-order valence-corrected chi connectivity index (χ4v) is 4.28. The van der Waals surface area contributed by atoms with E-state index < -0.39 is 10.0 Å². The van der Waals surface area contributed by atoms with Crippen LogP contribution in [0.3, 0.4) is 0 Å². The van der Waals surface area contributed by atoms with Gasteiger partial charge in [0.1, 0.15) is 0 Å². The average molecular weight is 296 g/mol. The minimum atomic E-state index is -3.48. The molecule has 0 spiro atoms. The lowest BCUT2D eigenvalue weighted by Crippen LogP contribution is -2.41. The van der Waals surface area contributed by atoms with Crippen molar-refractivity contribution >= 4 is 15.9 Å². The fourth-order valence-electron chi connectivity index (χ4n) is 2.61. The zero-order valence-corrected chi connectivity index (χ0v) is 12.6. The average Bonchev–Trinajstić information content (AvgIpc) is 2.38. The van der Waals surface area contributed by atoms with Crippen molar-refractivity contribution in [2.75, 3.05) is 13.1 Å². The summed E-state index contributed by atoms with van der Waals surface area (Å²) in [5, 5.41) is 0. The summed E-state index contributed by atoms with van der Waals surface area (Å²) in [5.41, 5.74) is 7.05. The number of primary amides is 1. The number of aryl methyl sites for hydroxylation is 2. The number of carbonyl (C=O) groups excluding carboxylic acids is 1. The first-order chi connectivity index (χ1) is 9.32. The summed E-state index contributed by atoms with van der Waals surface area (Å²) < 4.78 is 26.7. The second-order valence-electron chi connectivity index (χ2n) is 5.35. The normalized spacial score (nSPS) is 18.1. The molecule has 2 rings (SSSR count). The summed E-state index contributed by atoms with van der Waals surface area (Å²) in [6.45, 7) is 4.43. The summed E-state index contributed by atoms with van der Waals surface area (Å²) in [5.74, 6) is -0.547. The Morgan fingerprint density at radius 1 is 1.25 bits per heavy atom. The molecule has 0 bridgehead atoms. The van der Waals surface area contributed by atoms with E-state index in [1.807, 2.05) is 13.0 Å². The van der Waals surface area contributed by atoms with E-state index in [4.69, 9.17) is 5.73 Å². The van der Waals surface area contributed by atoms with Crippen molar-refractivity contribution in [3.8, 4) is 0 Å². The molecular weight excluding hydrogens is 276 g/mol. The van der Waals surface area contributed by atoms with E-state index in [2.05, 4.69) is 0 Å². The minimum absolute atomic E-state index is 0.208. The van der Waals surface area contributed by atoms with E-state index in [0.29, 0.717) is 30.8 Å². The lowest BCUT2D eigenvalue weighted by Gasteiger charge is -2.30. The summed E-state index contributed by atoms with van der Waals surface area (Å²) in [6.07, 6.45) is 0.999. The van der Waals surface area contributed by atoms with Gasteiger partial charge in [-0.1, -0.05) is 17.7 Å². The molecular formula is C14H20N2O3S. The highest BCUT2D eigenvalue weighted by molar-refractivity contribution is 7.89. The summed E-state index contributed by atoms with van der Waals surface area (Å²) in [6, 6.07) is 5.32. The van der Waals surface area contributed by atoms with Crippen molar-refractivity contribution in [2.45, 2.75) is 31.6 Å². The molecule has 1 fully saturated rings. The second-order valence-corrected chi connectivity index (χ2v) is 7.26. The third-order valence-electron chi connectivity index (χ3n) is 3.80. The smallest absolute Gasteiger partial charge is 0.243 e. The number of nitrogens with zero attached hydrogens (tertiary/aromatic N) is 1. The third kappa shape index (κ3) is 2.86. The van der Waals surface area contributed by atoms with Crippen molar-refractivity contribution < 1.29 is 13.2 Å². The summed E-state index contributed by atoms with van der Waals surface area (Å²) in [7, 11) is -3.48. The van der Waals surface area contributed by atoms with Gasteiger partial charge in [-0.3, -0.25) is 4.79 Å². The molecule has 1 aliphatic heterocycles. The second kappa shape index (κ2) is 5.54. The van der Waals surface area contributed by atoms with Gasteiger partial charge < -0.3 is 5.73 Å². The maximum Gasteiger partial charge on any atom is 0.243 e. The Balaban J connectivity index is 2.22. The first kappa shape index (κ1) is 15.0. The molecule has 0 saturated carbocycles. The SMILES string of the molecule is Cc1ccc(S(=O)(=O)N2CCC(C(N)=O)CC2)c(C)c1. The molecule has 1 aliphatic rings. The van der Waals surface area contributed by atoms with Gasteiger partial charge in [-0.25, -0.2) is 8.42 Å². The highest BCUT2D eigenvalue weighted by Crippen LogP contribution is 2.25. The van der Waals surface area contributed by atoms with Crippen molar-refractivity contribution in [1.29, 1.82) is 0 Å².